The third kappa shape index (κ3) is 3.32. The lowest BCUT2D eigenvalue weighted by Crippen LogP contribution is -2.41. The maximum Gasteiger partial charge on any atom is 0.238 e. The molecule has 3 rings (SSSR count). The van der Waals surface area contributed by atoms with Gasteiger partial charge in [0.05, 0.1) is 12.2 Å². The minimum Gasteiger partial charge on any atom is -0.324 e. The molecule has 0 saturated carbocycles. The van der Waals surface area contributed by atoms with Crippen molar-refractivity contribution in [2.24, 2.45) is 5.92 Å². The van der Waals surface area contributed by atoms with Crippen LogP contribution in [-0.4, -0.2) is 43.0 Å². The van der Waals surface area contributed by atoms with E-state index in [1.165, 1.54) is 12.8 Å². The van der Waals surface area contributed by atoms with Crippen molar-refractivity contribution in [3.05, 3.63) is 27.8 Å². The summed E-state index contributed by atoms with van der Waals surface area (Å²) in [7, 11) is 0. The van der Waals surface area contributed by atoms with Crippen LogP contribution in [0.25, 0.3) is 0 Å². The van der Waals surface area contributed by atoms with Crippen LogP contribution in [0.1, 0.15) is 12.8 Å². The van der Waals surface area contributed by atoms with Crippen LogP contribution in [0.4, 0.5) is 5.69 Å². The van der Waals surface area contributed by atoms with Gasteiger partial charge < -0.3 is 10.6 Å². The van der Waals surface area contributed by atoms with Crippen LogP contribution < -0.4 is 10.6 Å². The third-order valence-corrected chi connectivity index (χ3v) is 5.13. The molecule has 2 N–H and O–H groups in total. The predicted octanol–water partition coefficient (Wildman–Crippen LogP) is 1.91. The summed E-state index contributed by atoms with van der Waals surface area (Å²) in [5.74, 6) is 0.821. The number of carbonyl (C=O) groups is 1. The van der Waals surface area contributed by atoms with Gasteiger partial charge in [-0.25, -0.2) is 0 Å². The number of nitrogens with one attached hydrogen (secondary N) is 2. The monoisotopic (exact) mass is 385 g/mol. The zero-order chi connectivity index (χ0) is 13.9. The van der Waals surface area contributed by atoms with Gasteiger partial charge >= 0.3 is 0 Å². The standard InChI is InChI=1S/C15H20IN3O/c16-12-5-1-2-6-13(12)18-15(20)10-19-8-11-4-3-7-17-14(11)9-19/h1-2,5-6,11,14,17H,3-4,7-10H2,(H,18,20)/t11-,14+/m0/s1. The second-order valence-corrected chi connectivity index (χ2v) is 6.85. The molecule has 0 spiro atoms. The molecule has 1 aromatic rings. The molecule has 0 aromatic heterocycles. The molecule has 2 aliphatic heterocycles. The van der Waals surface area contributed by atoms with Crippen LogP contribution in [0.15, 0.2) is 24.3 Å². The Morgan fingerprint density at radius 1 is 1.40 bits per heavy atom. The number of hydrogen-bond acceptors (Lipinski definition) is 3. The summed E-state index contributed by atoms with van der Waals surface area (Å²) in [6.07, 6.45) is 2.57. The topological polar surface area (TPSA) is 44.4 Å². The van der Waals surface area contributed by atoms with Crippen LogP contribution in [0.3, 0.4) is 0 Å². The highest BCUT2D eigenvalue weighted by Gasteiger charge is 2.34. The highest BCUT2D eigenvalue weighted by molar-refractivity contribution is 14.1. The van der Waals surface area contributed by atoms with Crippen molar-refractivity contribution in [2.75, 3.05) is 31.5 Å². The first-order valence-corrected chi connectivity index (χ1v) is 8.30. The van der Waals surface area contributed by atoms with Gasteiger partial charge in [-0.05, 0) is 60.0 Å². The van der Waals surface area contributed by atoms with Gasteiger partial charge in [0.15, 0.2) is 0 Å². The Kier molecular flexibility index (Phi) is 4.58. The molecular weight excluding hydrogens is 365 g/mol. The van der Waals surface area contributed by atoms with Crippen molar-refractivity contribution >= 4 is 34.2 Å². The molecular formula is C15H20IN3O. The second-order valence-electron chi connectivity index (χ2n) is 5.69. The fourth-order valence-corrected chi connectivity index (χ4v) is 3.74. The fourth-order valence-electron chi connectivity index (χ4n) is 3.22. The maximum absolute atomic E-state index is 12.1. The number of halogens is 1. The Hall–Kier alpha value is -0.660. The summed E-state index contributed by atoms with van der Waals surface area (Å²) >= 11 is 2.25. The Bertz CT molecular complexity index is 480. The van der Waals surface area contributed by atoms with Crippen molar-refractivity contribution in [2.45, 2.75) is 18.9 Å². The SMILES string of the molecule is O=C(CN1C[C@@H]2CCCN[C@@H]2C1)Nc1ccccc1I. The van der Waals surface area contributed by atoms with Crippen LogP contribution in [0.5, 0.6) is 0 Å². The van der Waals surface area contributed by atoms with E-state index in [2.05, 4.69) is 38.1 Å². The van der Waals surface area contributed by atoms with E-state index in [0.29, 0.717) is 12.6 Å². The number of benzene rings is 1. The zero-order valence-electron chi connectivity index (χ0n) is 11.4. The largest absolute Gasteiger partial charge is 0.324 e. The molecule has 20 heavy (non-hydrogen) atoms. The van der Waals surface area contributed by atoms with Crippen LogP contribution in [0, 0.1) is 9.49 Å². The van der Waals surface area contributed by atoms with Crippen molar-refractivity contribution < 1.29 is 4.79 Å². The highest BCUT2D eigenvalue weighted by Crippen LogP contribution is 2.24. The summed E-state index contributed by atoms with van der Waals surface area (Å²) in [6, 6.07) is 8.48. The second kappa shape index (κ2) is 6.41. The molecule has 2 fully saturated rings. The maximum atomic E-state index is 12.1. The first-order valence-electron chi connectivity index (χ1n) is 7.22. The van der Waals surface area contributed by atoms with Gasteiger partial charge in [0, 0.05) is 22.7 Å². The molecule has 0 aliphatic carbocycles. The number of amides is 1. The number of carbonyl (C=O) groups excluding carboxylic acids is 1. The Morgan fingerprint density at radius 3 is 3.05 bits per heavy atom. The van der Waals surface area contributed by atoms with E-state index in [4.69, 9.17) is 0 Å². The summed E-state index contributed by atoms with van der Waals surface area (Å²) < 4.78 is 1.08. The molecule has 1 aromatic carbocycles. The molecule has 108 valence electrons. The molecule has 1 amide bonds. The van der Waals surface area contributed by atoms with Gasteiger partial charge in [-0.15, -0.1) is 0 Å². The molecule has 2 aliphatic rings. The lowest BCUT2D eigenvalue weighted by atomic mass is 9.94. The molecule has 2 heterocycles. The molecule has 4 nitrogen and oxygen atoms in total. The van der Waals surface area contributed by atoms with E-state index >= 15 is 0 Å². The number of likely N-dealkylation sites (tertiary alicyclic amines) is 1. The van der Waals surface area contributed by atoms with Gasteiger partial charge in [-0.1, -0.05) is 12.1 Å². The van der Waals surface area contributed by atoms with Crippen molar-refractivity contribution in [3.63, 3.8) is 0 Å². The van der Waals surface area contributed by atoms with Gasteiger partial charge in [0.1, 0.15) is 0 Å². The minimum absolute atomic E-state index is 0.0905. The first kappa shape index (κ1) is 14.3. The number of anilines is 1. The number of para-hydroxylation sites is 1. The van der Waals surface area contributed by atoms with E-state index in [0.717, 1.165) is 34.8 Å². The van der Waals surface area contributed by atoms with E-state index in [9.17, 15) is 4.79 Å². The van der Waals surface area contributed by atoms with Gasteiger partial charge in [-0.2, -0.15) is 0 Å². The number of piperidine rings is 1. The van der Waals surface area contributed by atoms with Crippen molar-refractivity contribution in [3.8, 4) is 0 Å². The van der Waals surface area contributed by atoms with Gasteiger partial charge in [-0.3, -0.25) is 9.69 Å². The number of rotatable bonds is 3. The summed E-state index contributed by atoms with van der Waals surface area (Å²) in [5, 5.41) is 6.58. The van der Waals surface area contributed by atoms with E-state index in [-0.39, 0.29) is 5.91 Å². The average Bonchev–Trinajstić information content (AvgIpc) is 2.83. The number of hydrogen-bond donors (Lipinski definition) is 2. The Labute approximate surface area is 133 Å². The quantitative estimate of drug-likeness (QED) is 0.782. The highest BCUT2D eigenvalue weighted by atomic mass is 127. The van der Waals surface area contributed by atoms with E-state index in [1.54, 1.807) is 0 Å². The zero-order valence-corrected chi connectivity index (χ0v) is 13.6. The molecule has 0 unspecified atom stereocenters. The Balaban J connectivity index is 1.53. The van der Waals surface area contributed by atoms with Crippen LogP contribution in [-0.2, 0) is 4.79 Å². The molecule has 5 heteroatoms. The Morgan fingerprint density at radius 2 is 2.25 bits per heavy atom. The molecule has 2 atom stereocenters. The summed E-state index contributed by atoms with van der Waals surface area (Å²) in [6.45, 7) is 3.68. The lowest BCUT2D eigenvalue weighted by molar-refractivity contribution is -0.117. The molecule has 0 bridgehead atoms. The smallest absolute Gasteiger partial charge is 0.238 e. The third-order valence-electron chi connectivity index (χ3n) is 4.19. The summed E-state index contributed by atoms with van der Waals surface area (Å²) in [5.41, 5.74) is 0.910. The summed E-state index contributed by atoms with van der Waals surface area (Å²) in [4.78, 5) is 14.4. The first-order chi connectivity index (χ1) is 9.72. The lowest BCUT2D eigenvalue weighted by Gasteiger charge is -2.24. The van der Waals surface area contributed by atoms with Gasteiger partial charge in [0.25, 0.3) is 0 Å². The molecule has 0 radical (unpaired) electrons. The number of fused-ring (bicyclic) bond motifs is 1. The van der Waals surface area contributed by atoms with E-state index in [1.807, 2.05) is 24.3 Å². The van der Waals surface area contributed by atoms with Crippen molar-refractivity contribution in [1.82, 2.24) is 10.2 Å². The van der Waals surface area contributed by atoms with Crippen molar-refractivity contribution in [1.29, 1.82) is 0 Å². The predicted molar refractivity (Wildman–Crippen MR) is 88.7 cm³/mol. The average molecular weight is 385 g/mol. The fraction of sp³-hybridized carbons (Fsp3) is 0.533. The minimum atomic E-state index is 0.0905. The number of nitrogens with zero attached hydrogens (tertiary/aromatic N) is 1. The molecule has 2 saturated heterocycles. The normalized spacial score (nSPS) is 26.2. The van der Waals surface area contributed by atoms with Crippen LogP contribution in [0.2, 0.25) is 0 Å². The van der Waals surface area contributed by atoms with Crippen LogP contribution >= 0.6 is 22.6 Å². The van der Waals surface area contributed by atoms with Gasteiger partial charge in [0.2, 0.25) is 5.91 Å². The van der Waals surface area contributed by atoms with E-state index < -0.39 is 0 Å².